The zero-order valence-corrected chi connectivity index (χ0v) is 13.5. The van der Waals surface area contributed by atoms with E-state index >= 15 is 0 Å². The summed E-state index contributed by atoms with van der Waals surface area (Å²) < 4.78 is 5.89. The summed E-state index contributed by atoms with van der Waals surface area (Å²) in [6.07, 6.45) is 4.96. The first kappa shape index (κ1) is 14.2. The van der Waals surface area contributed by atoms with Crippen LogP contribution in [0.4, 0.5) is 5.13 Å². The normalized spacial score (nSPS) is 25.0. The van der Waals surface area contributed by atoms with Crippen molar-refractivity contribution < 1.29 is 4.74 Å². The molecule has 2 aliphatic rings. The summed E-state index contributed by atoms with van der Waals surface area (Å²) >= 11 is 1.74. The molecule has 0 bridgehead atoms. The Labute approximate surface area is 135 Å². The van der Waals surface area contributed by atoms with Crippen LogP contribution in [0.3, 0.4) is 0 Å². The summed E-state index contributed by atoms with van der Waals surface area (Å²) in [6.45, 7) is 3.06. The van der Waals surface area contributed by atoms with E-state index in [-0.39, 0.29) is 0 Å². The fourth-order valence-corrected chi connectivity index (χ4v) is 4.38. The smallest absolute Gasteiger partial charge is 0.208 e. The maximum atomic E-state index is 5.89. The molecule has 5 heteroatoms. The number of fused-ring (bicyclic) bond motifs is 1. The largest absolute Gasteiger partial charge is 0.378 e. The number of nitrogens with zero attached hydrogens (tertiary/aromatic N) is 3. The molecule has 3 heterocycles. The van der Waals surface area contributed by atoms with Gasteiger partial charge < -0.3 is 9.64 Å². The summed E-state index contributed by atoms with van der Waals surface area (Å²) in [5, 5.41) is 11.0. The molecular formula is C17H21N3OS. The number of rotatable bonds is 3. The standard InChI is InChI=1S/C17H21N3OS/c1-2-5-13(6-3-1)11-16-18-19-17(22-16)20-9-8-15-14(12-20)7-4-10-21-15/h1-3,5-6,14-15H,4,7-12H2/t14-,15+/m0/s1. The first-order chi connectivity index (χ1) is 10.9. The fraction of sp³-hybridized carbons (Fsp3) is 0.529. The van der Waals surface area contributed by atoms with Gasteiger partial charge in [0.2, 0.25) is 5.13 Å². The first-order valence-corrected chi connectivity index (χ1v) is 8.93. The molecule has 2 aromatic rings. The van der Waals surface area contributed by atoms with Crippen LogP contribution in [0.15, 0.2) is 30.3 Å². The zero-order chi connectivity index (χ0) is 14.8. The minimum atomic E-state index is 0.474. The third-order valence-corrected chi connectivity index (χ3v) is 5.62. The molecule has 2 aliphatic heterocycles. The van der Waals surface area contributed by atoms with Crippen molar-refractivity contribution in [1.82, 2.24) is 10.2 Å². The van der Waals surface area contributed by atoms with Gasteiger partial charge in [0.05, 0.1) is 6.10 Å². The lowest BCUT2D eigenvalue weighted by molar-refractivity contribution is -0.0357. The monoisotopic (exact) mass is 315 g/mol. The van der Waals surface area contributed by atoms with E-state index in [4.69, 9.17) is 4.74 Å². The molecule has 2 fully saturated rings. The molecule has 1 aromatic carbocycles. The number of aromatic nitrogens is 2. The second-order valence-electron chi connectivity index (χ2n) is 6.19. The Kier molecular flexibility index (Phi) is 4.08. The van der Waals surface area contributed by atoms with E-state index in [9.17, 15) is 0 Å². The van der Waals surface area contributed by atoms with Crippen molar-refractivity contribution in [3.05, 3.63) is 40.9 Å². The van der Waals surface area contributed by atoms with Gasteiger partial charge in [-0.15, -0.1) is 10.2 Å². The number of anilines is 1. The molecule has 0 unspecified atom stereocenters. The van der Waals surface area contributed by atoms with E-state index in [0.717, 1.165) is 42.7 Å². The summed E-state index contributed by atoms with van der Waals surface area (Å²) in [7, 11) is 0. The van der Waals surface area contributed by atoms with Crippen molar-refractivity contribution in [1.29, 1.82) is 0 Å². The minimum Gasteiger partial charge on any atom is -0.378 e. The molecule has 0 N–H and O–H groups in total. The van der Waals surface area contributed by atoms with E-state index in [0.29, 0.717) is 12.0 Å². The van der Waals surface area contributed by atoms with E-state index < -0.39 is 0 Å². The van der Waals surface area contributed by atoms with Crippen LogP contribution in [0.25, 0.3) is 0 Å². The van der Waals surface area contributed by atoms with Gasteiger partial charge >= 0.3 is 0 Å². The molecule has 2 saturated heterocycles. The number of benzene rings is 1. The van der Waals surface area contributed by atoms with Gasteiger partial charge in [0, 0.05) is 32.0 Å². The van der Waals surface area contributed by atoms with Gasteiger partial charge in [-0.2, -0.15) is 0 Å². The van der Waals surface area contributed by atoms with E-state index in [1.165, 1.54) is 18.4 Å². The van der Waals surface area contributed by atoms with E-state index in [1.807, 2.05) is 6.07 Å². The Hall–Kier alpha value is -1.46. The SMILES string of the molecule is c1ccc(Cc2nnc(N3CC[C@H]4OCCC[C@H]4C3)s2)cc1. The Morgan fingerprint density at radius 2 is 2.09 bits per heavy atom. The van der Waals surface area contributed by atoms with Crippen LogP contribution in [-0.4, -0.2) is 36.0 Å². The van der Waals surface area contributed by atoms with Crippen molar-refractivity contribution >= 4 is 16.5 Å². The van der Waals surface area contributed by atoms with Gasteiger partial charge in [-0.1, -0.05) is 41.7 Å². The molecule has 22 heavy (non-hydrogen) atoms. The molecular weight excluding hydrogens is 294 g/mol. The summed E-state index contributed by atoms with van der Waals surface area (Å²) in [5.41, 5.74) is 1.30. The molecule has 116 valence electrons. The molecule has 2 atom stereocenters. The molecule has 0 radical (unpaired) electrons. The number of ether oxygens (including phenoxy) is 1. The van der Waals surface area contributed by atoms with Crippen LogP contribution in [0.5, 0.6) is 0 Å². The maximum Gasteiger partial charge on any atom is 0.208 e. The summed E-state index contributed by atoms with van der Waals surface area (Å²) in [4.78, 5) is 2.40. The lowest BCUT2D eigenvalue weighted by atomic mass is 9.89. The van der Waals surface area contributed by atoms with Crippen LogP contribution in [0, 0.1) is 5.92 Å². The van der Waals surface area contributed by atoms with Crippen LogP contribution in [0.1, 0.15) is 29.8 Å². The third kappa shape index (κ3) is 3.01. The highest BCUT2D eigenvalue weighted by atomic mass is 32.1. The first-order valence-electron chi connectivity index (χ1n) is 8.11. The second-order valence-corrected chi connectivity index (χ2v) is 7.23. The van der Waals surface area contributed by atoms with Crippen molar-refractivity contribution in [2.24, 2.45) is 5.92 Å². The quantitative estimate of drug-likeness (QED) is 0.872. The van der Waals surface area contributed by atoms with E-state index in [2.05, 4.69) is 39.4 Å². The minimum absolute atomic E-state index is 0.474. The molecule has 1 aromatic heterocycles. The third-order valence-electron chi connectivity index (χ3n) is 4.64. The van der Waals surface area contributed by atoms with Crippen LogP contribution < -0.4 is 4.90 Å². The molecule has 4 nitrogen and oxygen atoms in total. The predicted octanol–water partition coefficient (Wildman–Crippen LogP) is 3.13. The van der Waals surface area contributed by atoms with Crippen molar-refractivity contribution in [2.75, 3.05) is 24.6 Å². The van der Waals surface area contributed by atoms with Gasteiger partial charge in [0.15, 0.2) is 0 Å². The fourth-order valence-electron chi connectivity index (χ4n) is 3.48. The Morgan fingerprint density at radius 3 is 3.00 bits per heavy atom. The van der Waals surface area contributed by atoms with Crippen LogP contribution in [-0.2, 0) is 11.2 Å². The number of hydrogen-bond acceptors (Lipinski definition) is 5. The van der Waals surface area contributed by atoms with Crippen LogP contribution in [0.2, 0.25) is 0 Å². The highest BCUT2D eigenvalue weighted by molar-refractivity contribution is 7.15. The van der Waals surface area contributed by atoms with Gasteiger partial charge in [0.1, 0.15) is 5.01 Å². The number of hydrogen-bond donors (Lipinski definition) is 0. The van der Waals surface area contributed by atoms with Gasteiger partial charge in [-0.3, -0.25) is 0 Å². The summed E-state index contributed by atoms with van der Waals surface area (Å²) in [5.74, 6) is 0.670. The zero-order valence-electron chi connectivity index (χ0n) is 12.6. The lowest BCUT2D eigenvalue weighted by Gasteiger charge is -2.40. The van der Waals surface area contributed by atoms with Gasteiger partial charge in [0.25, 0.3) is 0 Å². The molecule has 4 rings (SSSR count). The van der Waals surface area contributed by atoms with Crippen molar-refractivity contribution in [2.45, 2.75) is 31.8 Å². The Morgan fingerprint density at radius 1 is 1.18 bits per heavy atom. The average Bonchev–Trinajstić information content (AvgIpc) is 3.04. The van der Waals surface area contributed by atoms with Crippen molar-refractivity contribution in [3.63, 3.8) is 0 Å². The topological polar surface area (TPSA) is 38.2 Å². The van der Waals surface area contributed by atoms with E-state index in [1.54, 1.807) is 11.3 Å². The van der Waals surface area contributed by atoms with Gasteiger partial charge in [-0.25, -0.2) is 0 Å². The number of piperidine rings is 1. The highest BCUT2D eigenvalue weighted by Gasteiger charge is 2.33. The average molecular weight is 315 g/mol. The Bertz CT molecular complexity index is 615. The molecule has 0 aliphatic carbocycles. The summed E-state index contributed by atoms with van der Waals surface area (Å²) in [6, 6.07) is 10.5. The second kappa shape index (κ2) is 6.34. The van der Waals surface area contributed by atoms with Crippen LogP contribution >= 0.6 is 11.3 Å². The maximum absolute atomic E-state index is 5.89. The Balaban J connectivity index is 1.43. The van der Waals surface area contributed by atoms with Gasteiger partial charge in [-0.05, 0) is 24.8 Å². The molecule has 0 spiro atoms. The highest BCUT2D eigenvalue weighted by Crippen LogP contribution is 2.32. The molecule has 0 saturated carbocycles. The van der Waals surface area contributed by atoms with Crippen molar-refractivity contribution in [3.8, 4) is 0 Å². The molecule has 0 amide bonds. The lowest BCUT2D eigenvalue weighted by Crippen LogP contribution is -2.46. The predicted molar refractivity (Wildman–Crippen MR) is 88.5 cm³/mol.